The smallest absolute Gasteiger partial charge is 0.0406 e. The highest BCUT2D eigenvalue weighted by molar-refractivity contribution is 6.30. The third-order valence-electron chi connectivity index (χ3n) is 5.64. The van der Waals surface area contributed by atoms with Gasteiger partial charge in [0.2, 0.25) is 0 Å². The van der Waals surface area contributed by atoms with Crippen LogP contribution in [-0.4, -0.2) is 60.2 Å². The lowest BCUT2D eigenvalue weighted by molar-refractivity contribution is -0.0577. The minimum atomic E-state index is 0. The zero-order valence-corrected chi connectivity index (χ0v) is 19.9. The summed E-state index contributed by atoms with van der Waals surface area (Å²) in [6.45, 7) is 11.2. The molecule has 1 fully saturated rings. The van der Waals surface area contributed by atoms with Gasteiger partial charge in [0.15, 0.2) is 0 Å². The first-order chi connectivity index (χ1) is 13.2. The topological polar surface area (TPSA) is 9.72 Å². The predicted molar refractivity (Wildman–Crippen MR) is 130 cm³/mol. The molecule has 0 N–H and O–H groups in total. The van der Waals surface area contributed by atoms with Crippen LogP contribution in [0.25, 0.3) is 0 Å². The van der Waals surface area contributed by atoms with Gasteiger partial charge in [-0.2, -0.15) is 0 Å². The Morgan fingerprint density at radius 3 is 1.83 bits per heavy atom. The number of hydrazine groups is 1. The van der Waals surface area contributed by atoms with Crippen LogP contribution in [0.4, 0.5) is 0 Å². The first-order valence-electron chi connectivity index (χ1n) is 10.2. The maximum atomic E-state index is 6.08. The highest BCUT2D eigenvalue weighted by Gasteiger charge is 2.26. The third-order valence-corrected chi connectivity index (χ3v) is 5.89. The summed E-state index contributed by atoms with van der Waals surface area (Å²) < 4.78 is 0. The second-order valence-corrected chi connectivity index (χ2v) is 7.74. The highest BCUT2D eigenvalue weighted by atomic mass is 35.5. The predicted octanol–water partition coefficient (Wildman–Crippen LogP) is 5.21. The van der Waals surface area contributed by atoms with Crippen LogP contribution >= 0.6 is 36.4 Å². The molecule has 0 amide bonds. The highest BCUT2D eigenvalue weighted by Crippen LogP contribution is 2.19. The fourth-order valence-electron chi connectivity index (χ4n) is 4.09. The summed E-state index contributed by atoms with van der Waals surface area (Å²) in [5.41, 5.74) is 2.79. The number of piperazine rings is 1. The first-order valence-corrected chi connectivity index (χ1v) is 10.6. The molecule has 0 saturated carbocycles. The van der Waals surface area contributed by atoms with Crippen LogP contribution in [0.3, 0.4) is 0 Å². The monoisotopic (exact) mass is 457 g/mol. The molecule has 162 valence electrons. The summed E-state index contributed by atoms with van der Waals surface area (Å²) >= 11 is 6.08. The molecular weight excluding hydrogens is 425 g/mol. The van der Waals surface area contributed by atoms with E-state index >= 15 is 0 Å². The Morgan fingerprint density at radius 2 is 1.31 bits per heavy atom. The second-order valence-electron chi connectivity index (χ2n) is 7.30. The van der Waals surface area contributed by atoms with Crippen molar-refractivity contribution in [1.82, 2.24) is 14.9 Å². The molecule has 1 atom stereocenters. The maximum Gasteiger partial charge on any atom is 0.0406 e. The second kappa shape index (κ2) is 13.5. The number of halogens is 3. The van der Waals surface area contributed by atoms with Gasteiger partial charge < -0.3 is 0 Å². The van der Waals surface area contributed by atoms with Gasteiger partial charge in [0, 0.05) is 50.3 Å². The average molecular weight is 459 g/mol. The molecule has 2 aromatic carbocycles. The Labute approximate surface area is 193 Å². The molecule has 1 aliphatic heterocycles. The number of hydrogen-bond donors (Lipinski definition) is 0. The lowest BCUT2D eigenvalue weighted by atomic mass is 9.97. The van der Waals surface area contributed by atoms with E-state index in [1.165, 1.54) is 11.1 Å². The molecule has 6 heteroatoms. The Balaban J connectivity index is 0.00000210. The van der Waals surface area contributed by atoms with E-state index in [2.05, 4.69) is 71.2 Å². The molecule has 1 unspecified atom stereocenters. The Kier molecular flexibility index (Phi) is 12.2. The average Bonchev–Trinajstić information content (AvgIpc) is 2.71. The lowest BCUT2D eigenvalue weighted by Gasteiger charge is -2.43. The summed E-state index contributed by atoms with van der Waals surface area (Å²) in [5.74, 6) is 0. The molecule has 0 spiro atoms. The zero-order valence-electron chi connectivity index (χ0n) is 17.5. The van der Waals surface area contributed by atoms with E-state index in [1.807, 2.05) is 12.1 Å². The van der Waals surface area contributed by atoms with Crippen LogP contribution in [0.5, 0.6) is 0 Å². The van der Waals surface area contributed by atoms with E-state index in [9.17, 15) is 0 Å². The van der Waals surface area contributed by atoms with Crippen LogP contribution in [-0.2, 0) is 12.8 Å². The molecule has 0 aliphatic carbocycles. The van der Waals surface area contributed by atoms with Gasteiger partial charge >= 0.3 is 0 Å². The molecule has 1 aliphatic rings. The van der Waals surface area contributed by atoms with Crippen molar-refractivity contribution in [3.05, 3.63) is 70.7 Å². The minimum absolute atomic E-state index is 0. The molecule has 29 heavy (non-hydrogen) atoms. The minimum Gasteiger partial charge on any atom is -0.297 e. The van der Waals surface area contributed by atoms with Crippen molar-refractivity contribution in [3.8, 4) is 0 Å². The number of nitrogens with zero attached hydrogens (tertiary/aromatic N) is 3. The summed E-state index contributed by atoms with van der Waals surface area (Å²) in [6.07, 6.45) is 2.16. The van der Waals surface area contributed by atoms with E-state index in [-0.39, 0.29) is 24.8 Å². The van der Waals surface area contributed by atoms with E-state index in [1.54, 1.807) is 0 Å². The number of hydrogen-bond acceptors (Lipinski definition) is 3. The summed E-state index contributed by atoms with van der Waals surface area (Å²) in [6, 6.07) is 19.8. The summed E-state index contributed by atoms with van der Waals surface area (Å²) in [7, 11) is 0. The molecule has 1 saturated heterocycles. The standard InChI is InChI=1S/C23H32ClN3.2ClH/c1-3-26(4-2)27-16-14-25(15-17-27)23(18-20-8-6-5-7-9-20)19-21-10-12-22(24)13-11-21;;/h5-13,23H,3-4,14-19H2,1-2H3;2*1H. The fraction of sp³-hybridized carbons (Fsp3) is 0.478. The van der Waals surface area contributed by atoms with Crippen LogP contribution in [0, 0.1) is 0 Å². The van der Waals surface area contributed by atoms with Crippen molar-refractivity contribution in [3.63, 3.8) is 0 Å². The third kappa shape index (κ3) is 7.75. The molecule has 0 aromatic heterocycles. The largest absolute Gasteiger partial charge is 0.297 e. The van der Waals surface area contributed by atoms with Gasteiger partial charge in [-0.3, -0.25) is 4.90 Å². The lowest BCUT2D eigenvalue weighted by Crippen LogP contribution is -2.56. The Morgan fingerprint density at radius 1 is 0.793 bits per heavy atom. The molecule has 2 aromatic rings. The van der Waals surface area contributed by atoms with Crippen LogP contribution in [0.15, 0.2) is 54.6 Å². The summed E-state index contributed by atoms with van der Waals surface area (Å²) in [4.78, 5) is 2.68. The van der Waals surface area contributed by atoms with Crippen molar-refractivity contribution in [2.24, 2.45) is 0 Å². The van der Waals surface area contributed by atoms with Crippen LogP contribution < -0.4 is 0 Å². The number of rotatable bonds is 8. The van der Waals surface area contributed by atoms with Crippen molar-refractivity contribution in [1.29, 1.82) is 0 Å². The summed E-state index contributed by atoms with van der Waals surface area (Å²) in [5, 5.41) is 5.80. The van der Waals surface area contributed by atoms with Crippen molar-refractivity contribution in [2.45, 2.75) is 32.7 Å². The van der Waals surface area contributed by atoms with Gasteiger partial charge in [-0.15, -0.1) is 24.8 Å². The van der Waals surface area contributed by atoms with Crippen molar-refractivity contribution >= 4 is 36.4 Å². The van der Waals surface area contributed by atoms with Gasteiger partial charge in [0.05, 0.1) is 0 Å². The molecule has 3 rings (SSSR count). The van der Waals surface area contributed by atoms with Crippen LogP contribution in [0.1, 0.15) is 25.0 Å². The number of benzene rings is 2. The van der Waals surface area contributed by atoms with Gasteiger partial charge in [-0.05, 0) is 36.1 Å². The molecule has 0 bridgehead atoms. The van der Waals surface area contributed by atoms with E-state index in [0.29, 0.717) is 6.04 Å². The zero-order chi connectivity index (χ0) is 19.1. The molecule has 3 nitrogen and oxygen atoms in total. The molecule has 0 radical (unpaired) electrons. The van der Waals surface area contributed by atoms with Gasteiger partial charge in [0.25, 0.3) is 0 Å². The normalized spacial score (nSPS) is 16.1. The van der Waals surface area contributed by atoms with E-state index < -0.39 is 0 Å². The Hall–Kier alpha value is -0.810. The van der Waals surface area contributed by atoms with Crippen LogP contribution in [0.2, 0.25) is 5.02 Å². The fourth-order valence-corrected chi connectivity index (χ4v) is 4.22. The van der Waals surface area contributed by atoms with Crippen molar-refractivity contribution in [2.75, 3.05) is 39.3 Å². The maximum absolute atomic E-state index is 6.08. The van der Waals surface area contributed by atoms with Gasteiger partial charge in [-0.25, -0.2) is 10.0 Å². The SMILES string of the molecule is CCN(CC)N1CCN(C(Cc2ccccc2)Cc2ccc(Cl)cc2)CC1.Cl.Cl. The molecular formula is C23H34Cl3N3. The van der Waals surface area contributed by atoms with E-state index in [0.717, 1.165) is 57.1 Å². The van der Waals surface area contributed by atoms with Crippen molar-refractivity contribution < 1.29 is 0 Å². The van der Waals surface area contributed by atoms with Gasteiger partial charge in [-0.1, -0.05) is 67.9 Å². The van der Waals surface area contributed by atoms with Gasteiger partial charge in [0.1, 0.15) is 0 Å². The quantitative estimate of drug-likeness (QED) is 0.537. The first kappa shape index (κ1) is 26.2. The van der Waals surface area contributed by atoms with E-state index in [4.69, 9.17) is 11.6 Å². The Bertz CT molecular complexity index is 670. The molecule has 1 heterocycles.